The van der Waals surface area contributed by atoms with Gasteiger partial charge in [0.1, 0.15) is 10.7 Å². The van der Waals surface area contributed by atoms with Crippen molar-refractivity contribution < 1.29 is 22.7 Å². The average Bonchev–Trinajstić information content (AvgIpc) is 2.33. The Labute approximate surface area is 122 Å². The van der Waals surface area contributed by atoms with Gasteiger partial charge in [0.05, 0.1) is 12.1 Å². The van der Waals surface area contributed by atoms with Gasteiger partial charge in [-0.05, 0) is 37.5 Å². The Morgan fingerprint density at radius 3 is 2.52 bits per heavy atom. The SMILES string of the molecule is CC(=O)Nc1ccc(S(=O)(=O)NC2(CO)CCC2)c(F)c1. The van der Waals surface area contributed by atoms with Crippen LogP contribution >= 0.6 is 0 Å². The van der Waals surface area contributed by atoms with E-state index in [9.17, 15) is 22.7 Å². The molecule has 0 heterocycles. The highest BCUT2D eigenvalue weighted by molar-refractivity contribution is 7.89. The van der Waals surface area contributed by atoms with Crippen molar-refractivity contribution in [3.63, 3.8) is 0 Å². The number of nitrogens with one attached hydrogen (secondary N) is 2. The van der Waals surface area contributed by atoms with Crippen LogP contribution in [0.15, 0.2) is 23.1 Å². The number of aliphatic hydroxyl groups is 1. The molecule has 1 aliphatic rings. The molecule has 21 heavy (non-hydrogen) atoms. The molecule has 8 heteroatoms. The van der Waals surface area contributed by atoms with E-state index in [1.807, 2.05) is 0 Å². The second-order valence-corrected chi connectivity index (χ2v) is 6.87. The highest BCUT2D eigenvalue weighted by Gasteiger charge is 2.40. The van der Waals surface area contributed by atoms with E-state index in [-0.39, 0.29) is 18.2 Å². The van der Waals surface area contributed by atoms with Gasteiger partial charge in [0.25, 0.3) is 0 Å². The number of hydrogen-bond donors (Lipinski definition) is 3. The summed E-state index contributed by atoms with van der Waals surface area (Å²) in [6.45, 7) is 0.948. The molecular formula is C13H17FN2O4S. The van der Waals surface area contributed by atoms with Crippen LogP contribution in [0.1, 0.15) is 26.2 Å². The first kappa shape index (κ1) is 15.9. The fourth-order valence-electron chi connectivity index (χ4n) is 2.24. The zero-order chi connectivity index (χ0) is 15.7. The number of amides is 1. The molecule has 0 spiro atoms. The van der Waals surface area contributed by atoms with Crippen LogP contribution in [-0.2, 0) is 14.8 Å². The fraction of sp³-hybridized carbons (Fsp3) is 0.462. The third kappa shape index (κ3) is 3.39. The third-order valence-electron chi connectivity index (χ3n) is 3.51. The summed E-state index contributed by atoms with van der Waals surface area (Å²) in [5.41, 5.74) is -0.707. The molecule has 1 aromatic carbocycles. The van der Waals surface area contributed by atoms with Gasteiger partial charge in [-0.1, -0.05) is 0 Å². The minimum absolute atomic E-state index is 0.180. The second kappa shape index (κ2) is 5.70. The van der Waals surface area contributed by atoms with Crippen LogP contribution in [0, 0.1) is 5.82 Å². The van der Waals surface area contributed by atoms with E-state index in [0.29, 0.717) is 12.8 Å². The first-order valence-electron chi connectivity index (χ1n) is 6.50. The van der Waals surface area contributed by atoms with E-state index in [0.717, 1.165) is 18.6 Å². The number of anilines is 1. The lowest BCUT2D eigenvalue weighted by Gasteiger charge is -2.40. The van der Waals surface area contributed by atoms with E-state index in [1.165, 1.54) is 13.0 Å². The van der Waals surface area contributed by atoms with E-state index in [1.54, 1.807) is 0 Å². The number of rotatable bonds is 5. The summed E-state index contributed by atoms with van der Waals surface area (Å²) in [7, 11) is -4.06. The van der Waals surface area contributed by atoms with Gasteiger partial charge in [0.15, 0.2) is 0 Å². The third-order valence-corrected chi connectivity index (χ3v) is 5.12. The Morgan fingerprint density at radius 1 is 1.43 bits per heavy atom. The number of carbonyl (C=O) groups is 1. The average molecular weight is 316 g/mol. The molecule has 1 amide bonds. The van der Waals surface area contributed by atoms with Crippen molar-refractivity contribution in [1.82, 2.24) is 4.72 Å². The number of sulfonamides is 1. The van der Waals surface area contributed by atoms with Crippen LogP contribution in [0.4, 0.5) is 10.1 Å². The Balaban J connectivity index is 2.26. The van der Waals surface area contributed by atoms with Crippen LogP contribution in [0.25, 0.3) is 0 Å². The lowest BCUT2D eigenvalue weighted by atomic mass is 9.78. The van der Waals surface area contributed by atoms with Crippen molar-refractivity contribution in [2.24, 2.45) is 0 Å². The highest BCUT2D eigenvalue weighted by atomic mass is 32.2. The number of aliphatic hydroxyl groups excluding tert-OH is 1. The molecule has 0 bridgehead atoms. The zero-order valence-corrected chi connectivity index (χ0v) is 12.3. The van der Waals surface area contributed by atoms with Gasteiger partial charge < -0.3 is 10.4 Å². The fourth-order valence-corrected chi connectivity index (χ4v) is 3.75. The van der Waals surface area contributed by atoms with Gasteiger partial charge in [-0.15, -0.1) is 0 Å². The highest BCUT2D eigenvalue weighted by Crippen LogP contribution is 2.33. The standard InChI is InChI=1S/C13H17FN2O4S/c1-9(18)15-10-3-4-12(11(14)7-10)21(19,20)16-13(8-17)5-2-6-13/h3-4,7,16-17H,2,5-6,8H2,1H3,(H,15,18). The molecule has 2 rings (SSSR count). The topological polar surface area (TPSA) is 95.5 Å². The summed E-state index contributed by atoms with van der Waals surface area (Å²) >= 11 is 0. The summed E-state index contributed by atoms with van der Waals surface area (Å²) in [5.74, 6) is -1.34. The summed E-state index contributed by atoms with van der Waals surface area (Å²) in [4.78, 5) is 10.4. The number of hydrogen-bond acceptors (Lipinski definition) is 4. The van der Waals surface area contributed by atoms with Crippen molar-refractivity contribution in [3.8, 4) is 0 Å². The van der Waals surface area contributed by atoms with E-state index < -0.39 is 26.3 Å². The van der Waals surface area contributed by atoms with E-state index >= 15 is 0 Å². The van der Waals surface area contributed by atoms with Crippen LogP contribution in [0.2, 0.25) is 0 Å². The lowest BCUT2D eigenvalue weighted by Crippen LogP contribution is -2.56. The van der Waals surface area contributed by atoms with Gasteiger partial charge >= 0.3 is 0 Å². The van der Waals surface area contributed by atoms with Crippen molar-refractivity contribution in [3.05, 3.63) is 24.0 Å². The predicted octanol–water partition coefficient (Wildman–Crippen LogP) is 0.977. The maximum absolute atomic E-state index is 14.0. The quantitative estimate of drug-likeness (QED) is 0.754. The monoisotopic (exact) mass is 316 g/mol. The van der Waals surface area contributed by atoms with Crippen molar-refractivity contribution in [2.45, 2.75) is 36.6 Å². The van der Waals surface area contributed by atoms with E-state index in [2.05, 4.69) is 10.0 Å². The molecule has 1 aliphatic carbocycles. The smallest absolute Gasteiger partial charge is 0.244 e. The minimum Gasteiger partial charge on any atom is -0.394 e. The summed E-state index contributed by atoms with van der Waals surface area (Å²) in [6, 6.07) is 3.35. The molecule has 116 valence electrons. The van der Waals surface area contributed by atoms with Crippen LogP contribution in [0.5, 0.6) is 0 Å². The molecule has 6 nitrogen and oxygen atoms in total. The molecule has 0 unspecified atom stereocenters. The number of carbonyl (C=O) groups excluding carboxylic acids is 1. The molecular weight excluding hydrogens is 299 g/mol. The maximum Gasteiger partial charge on any atom is 0.244 e. The molecule has 0 radical (unpaired) electrons. The Kier molecular flexibility index (Phi) is 4.31. The van der Waals surface area contributed by atoms with Gasteiger partial charge in [0, 0.05) is 12.6 Å². The van der Waals surface area contributed by atoms with Crippen LogP contribution in [-0.4, -0.2) is 31.6 Å². The van der Waals surface area contributed by atoms with Crippen molar-refractivity contribution in [2.75, 3.05) is 11.9 Å². The first-order valence-corrected chi connectivity index (χ1v) is 7.98. The van der Waals surface area contributed by atoms with Gasteiger partial charge in [-0.2, -0.15) is 0 Å². The molecule has 0 aromatic heterocycles. The van der Waals surface area contributed by atoms with Crippen LogP contribution < -0.4 is 10.0 Å². The molecule has 0 aliphatic heterocycles. The molecule has 1 aromatic rings. The second-order valence-electron chi connectivity index (χ2n) is 5.22. The Hall–Kier alpha value is -1.51. The van der Waals surface area contributed by atoms with Gasteiger partial charge in [0.2, 0.25) is 15.9 Å². The summed E-state index contributed by atoms with van der Waals surface area (Å²) in [5, 5.41) is 11.7. The minimum atomic E-state index is -4.06. The Bertz CT molecular complexity index is 651. The first-order chi connectivity index (χ1) is 9.78. The van der Waals surface area contributed by atoms with Gasteiger partial charge in [-0.3, -0.25) is 4.79 Å². The van der Waals surface area contributed by atoms with Crippen LogP contribution in [0.3, 0.4) is 0 Å². The maximum atomic E-state index is 14.0. The molecule has 0 atom stereocenters. The van der Waals surface area contributed by atoms with Gasteiger partial charge in [-0.25, -0.2) is 17.5 Å². The Morgan fingerprint density at radius 2 is 2.10 bits per heavy atom. The molecule has 1 saturated carbocycles. The molecule has 0 saturated heterocycles. The predicted molar refractivity (Wildman–Crippen MR) is 74.7 cm³/mol. The molecule has 3 N–H and O–H groups in total. The lowest BCUT2D eigenvalue weighted by molar-refractivity contribution is -0.114. The summed E-state index contributed by atoms with van der Waals surface area (Å²) < 4.78 is 40.7. The number of benzene rings is 1. The summed E-state index contributed by atoms with van der Waals surface area (Å²) in [6.07, 6.45) is 1.86. The normalized spacial score (nSPS) is 17.1. The number of halogens is 1. The molecule has 1 fully saturated rings. The van der Waals surface area contributed by atoms with E-state index in [4.69, 9.17) is 0 Å². The van der Waals surface area contributed by atoms with Crippen molar-refractivity contribution in [1.29, 1.82) is 0 Å². The van der Waals surface area contributed by atoms with Crippen molar-refractivity contribution >= 4 is 21.6 Å². The zero-order valence-electron chi connectivity index (χ0n) is 11.5. The largest absolute Gasteiger partial charge is 0.394 e.